The number of aromatic nitrogens is 1. The summed E-state index contributed by atoms with van der Waals surface area (Å²) in [4.78, 5) is 23.2. The monoisotopic (exact) mass is 360 g/mol. The number of aromatic carboxylic acids is 1. The Morgan fingerprint density at radius 1 is 1.04 bits per heavy atom. The van der Waals surface area contributed by atoms with Crippen molar-refractivity contribution in [1.29, 1.82) is 0 Å². The van der Waals surface area contributed by atoms with Crippen LogP contribution < -0.4 is 10.5 Å². The average molecular weight is 360 g/mol. The molecule has 0 aliphatic carbocycles. The van der Waals surface area contributed by atoms with Gasteiger partial charge in [-0.3, -0.25) is 4.79 Å². The molecule has 0 spiro atoms. The van der Waals surface area contributed by atoms with Crippen molar-refractivity contribution in [1.82, 2.24) is 9.99 Å². The Bertz CT molecular complexity index is 1000. The molecule has 0 saturated heterocycles. The third-order valence-electron chi connectivity index (χ3n) is 4.22. The predicted octanol–water partition coefficient (Wildman–Crippen LogP) is 2.22. The molecule has 6 heteroatoms. The quantitative estimate of drug-likeness (QED) is 0.559. The van der Waals surface area contributed by atoms with E-state index in [9.17, 15) is 14.7 Å². The van der Waals surface area contributed by atoms with Crippen LogP contribution in [-0.4, -0.2) is 22.7 Å². The van der Waals surface area contributed by atoms with E-state index >= 15 is 0 Å². The number of aryl methyl sites for hydroxylation is 1. The number of nitrogens with one attached hydrogen (secondary N) is 1. The first-order valence-corrected chi connectivity index (χ1v) is 8.36. The highest BCUT2D eigenvalue weighted by molar-refractivity contribution is 5.96. The van der Waals surface area contributed by atoms with E-state index in [1.807, 2.05) is 54.8 Å². The number of amides is 1. The Morgan fingerprint density at radius 3 is 2.33 bits per heavy atom. The standard InChI is InChI=1S/C21H19N3O3/c1-14-12-19(15(2)24(14)18-6-4-3-5-7-18)20(25)23-22-13-16-8-10-17(11-9-16)21(26)27/h3-13H,1-2H3,(H,23,25)(H,26,27)/p-1/b22-13-. The maximum absolute atomic E-state index is 12.5. The van der Waals surface area contributed by atoms with Crippen LogP contribution in [0.25, 0.3) is 5.69 Å². The molecule has 0 aliphatic heterocycles. The Hall–Kier alpha value is -3.67. The second kappa shape index (κ2) is 7.70. The number of carboxylic acid groups (broad SMARTS) is 1. The topological polar surface area (TPSA) is 86.5 Å². The Balaban J connectivity index is 1.74. The van der Waals surface area contributed by atoms with Gasteiger partial charge >= 0.3 is 0 Å². The van der Waals surface area contributed by atoms with E-state index in [1.165, 1.54) is 18.3 Å². The van der Waals surface area contributed by atoms with Crippen LogP contribution in [0, 0.1) is 13.8 Å². The van der Waals surface area contributed by atoms with E-state index in [0.717, 1.165) is 17.1 Å². The summed E-state index contributed by atoms with van der Waals surface area (Å²) in [5.41, 5.74) is 6.56. The number of carbonyl (C=O) groups excluding carboxylic acids is 2. The summed E-state index contributed by atoms with van der Waals surface area (Å²) in [5, 5.41) is 14.7. The molecule has 0 fully saturated rings. The first-order chi connectivity index (χ1) is 13.0. The Morgan fingerprint density at radius 2 is 1.70 bits per heavy atom. The molecule has 0 saturated carbocycles. The van der Waals surface area contributed by atoms with E-state index in [0.29, 0.717) is 11.1 Å². The third-order valence-corrected chi connectivity index (χ3v) is 4.22. The number of nitrogens with zero attached hydrogens (tertiary/aromatic N) is 2. The Kier molecular flexibility index (Phi) is 5.17. The smallest absolute Gasteiger partial charge is 0.273 e. The highest BCUT2D eigenvalue weighted by Gasteiger charge is 2.16. The third kappa shape index (κ3) is 3.95. The molecular weight excluding hydrogens is 342 g/mol. The van der Waals surface area contributed by atoms with Crippen LogP contribution in [0.2, 0.25) is 0 Å². The highest BCUT2D eigenvalue weighted by atomic mass is 16.4. The van der Waals surface area contributed by atoms with Gasteiger partial charge in [0.1, 0.15) is 0 Å². The molecule has 1 N–H and O–H groups in total. The number of benzene rings is 2. The highest BCUT2D eigenvalue weighted by Crippen LogP contribution is 2.20. The number of carboxylic acids is 1. The van der Waals surface area contributed by atoms with E-state index < -0.39 is 5.97 Å². The van der Waals surface area contributed by atoms with E-state index in [4.69, 9.17) is 0 Å². The number of hydrogen-bond donors (Lipinski definition) is 1. The fourth-order valence-electron chi connectivity index (χ4n) is 2.90. The van der Waals surface area contributed by atoms with Crippen molar-refractivity contribution in [2.45, 2.75) is 13.8 Å². The molecular formula is C21H18N3O3-. The minimum absolute atomic E-state index is 0.0875. The molecule has 1 aromatic heterocycles. The molecule has 3 rings (SSSR count). The van der Waals surface area contributed by atoms with Crippen molar-refractivity contribution in [3.05, 3.63) is 88.7 Å². The van der Waals surface area contributed by atoms with E-state index in [1.54, 1.807) is 12.1 Å². The zero-order chi connectivity index (χ0) is 19.4. The van der Waals surface area contributed by atoms with Crippen LogP contribution in [0.1, 0.15) is 37.7 Å². The molecule has 0 atom stereocenters. The second-order valence-electron chi connectivity index (χ2n) is 6.06. The minimum Gasteiger partial charge on any atom is -0.545 e. The van der Waals surface area contributed by atoms with Crippen LogP contribution in [0.4, 0.5) is 0 Å². The first kappa shape index (κ1) is 18.1. The Labute approximate surface area is 156 Å². The summed E-state index contributed by atoms with van der Waals surface area (Å²) < 4.78 is 2.01. The lowest BCUT2D eigenvalue weighted by atomic mass is 10.1. The van der Waals surface area contributed by atoms with Crippen molar-refractivity contribution in [3.63, 3.8) is 0 Å². The molecule has 136 valence electrons. The molecule has 0 bridgehead atoms. The van der Waals surface area contributed by atoms with Crippen molar-refractivity contribution >= 4 is 18.1 Å². The molecule has 0 unspecified atom stereocenters. The summed E-state index contributed by atoms with van der Waals surface area (Å²) in [6.45, 7) is 3.83. The fourth-order valence-corrected chi connectivity index (χ4v) is 2.90. The van der Waals surface area contributed by atoms with Gasteiger partial charge in [-0.25, -0.2) is 5.43 Å². The molecule has 2 aromatic carbocycles. The van der Waals surface area contributed by atoms with Crippen molar-refractivity contribution in [3.8, 4) is 5.69 Å². The van der Waals surface area contributed by atoms with Gasteiger partial charge in [-0.1, -0.05) is 42.5 Å². The normalized spacial score (nSPS) is 10.9. The van der Waals surface area contributed by atoms with Crippen LogP contribution in [-0.2, 0) is 0 Å². The largest absolute Gasteiger partial charge is 0.545 e. The van der Waals surface area contributed by atoms with Crippen LogP contribution in [0.3, 0.4) is 0 Å². The molecule has 1 heterocycles. The second-order valence-corrected chi connectivity index (χ2v) is 6.06. The van der Waals surface area contributed by atoms with Crippen LogP contribution in [0.15, 0.2) is 65.8 Å². The van der Waals surface area contributed by atoms with E-state index in [2.05, 4.69) is 10.5 Å². The lowest BCUT2D eigenvalue weighted by Crippen LogP contribution is -2.22. The van der Waals surface area contributed by atoms with Gasteiger partial charge in [0, 0.05) is 17.1 Å². The van der Waals surface area contributed by atoms with Gasteiger partial charge in [-0.15, -0.1) is 0 Å². The molecule has 3 aromatic rings. The lowest BCUT2D eigenvalue weighted by molar-refractivity contribution is -0.255. The summed E-state index contributed by atoms with van der Waals surface area (Å²) in [6.07, 6.45) is 1.45. The summed E-state index contributed by atoms with van der Waals surface area (Å²) in [5.74, 6) is -1.55. The SMILES string of the molecule is Cc1cc(C(=O)N/N=C\c2ccc(C(=O)[O-])cc2)c(C)n1-c1ccccc1. The number of rotatable bonds is 5. The lowest BCUT2D eigenvalue weighted by Gasteiger charge is -2.09. The molecule has 1 amide bonds. The number of carbonyl (C=O) groups is 2. The van der Waals surface area contributed by atoms with E-state index in [-0.39, 0.29) is 11.5 Å². The van der Waals surface area contributed by atoms with Gasteiger partial charge in [0.05, 0.1) is 17.7 Å². The maximum Gasteiger partial charge on any atom is 0.273 e. The van der Waals surface area contributed by atoms with Gasteiger partial charge in [-0.05, 0) is 43.2 Å². The molecule has 27 heavy (non-hydrogen) atoms. The van der Waals surface area contributed by atoms with Crippen molar-refractivity contribution < 1.29 is 14.7 Å². The zero-order valence-electron chi connectivity index (χ0n) is 15.0. The van der Waals surface area contributed by atoms with Crippen LogP contribution in [0.5, 0.6) is 0 Å². The molecule has 0 aliphatic rings. The maximum atomic E-state index is 12.5. The number of para-hydroxylation sites is 1. The summed E-state index contributed by atoms with van der Waals surface area (Å²) in [7, 11) is 0. The summed E-state index contributed by atoms with van der Waals surface area (Å²) in [6, 6.07) is 17.6. The first-order valence-electron chi connectivity index (χ1n) is 8.36. The minimum atomic E-state index is -1.24. The van der Waals surface area contributed by atoms with Gasteiger partial charge in [-0.2, -0.15) is 5.10 Å². The van der Waals surface area contributed by atoms with Gasteiger partial charge in [0.25, 0.3) is 5.91 Å². The van der Waals surface area contributed by atoms with Gasteiger partial charge in [0.2, 0.25) is 0 Å². The fraction of sp³-hybridized carbons (Fsp3) is 0.0952. The molecule has 0 radical (unpaired) electrons. The van der Waals surface area contributed by atoms with Crippen LogP contribution >= 0.6 is 0 Å². The summed E-state index contributed by atoms with van der Waals surface area (Å²) >= 11 is 0. The average Bonchev–Trinajstić information content (AvgIpc) is 2.97. The van der Waals surface area contributed by atoms with Gasteiger partial charge in [0.15, 0.2) is 0 Å². The number of hydrogen-bond acceptors (Lipinski definition) is 4. The molecule has 6 nitrogen and oxygen atoms in total. The zero-order valence-corrected chi connectivity index (χ0v) is 15.0. The number of hydrazone groups is 1. The van der Waals surface area contributed by atoms with Gasteiger partial charge < -0.3 is 14.5 Å². The van der Waals surface area contributed by atoms with Crippen molar-refractivity contribution in [2.75, 3.05) is 0 Å². The predicted molar refractivity (Wildman–Crippen MR) is 101 cm³/mol. The van der Waals surface area contributed by atoms with Crippen molar-refractivity contribution in [2.24, 2.45) is 5.10 Å².